The van der Waals surface area contributed by atoms with Crippen molar-refractivity contribution in [2.24, 2.45) is 0 Å². The van der Waals surface area contributed by atoms with Crippen LogP contribution in [0.5, 0.6) is 11.5 Å². The Balaban J connectivity index is 2.33. The highest BCUT2D eigenvalue weighted by Crippen LogP contribution is 2.28. The molecule has 0 aromatic heterocycles. The van der Waals surface area contributed by atoms with Gasteiger partial charge in [0.2, 0.25) is 0 Å². The fourth-order valence-corrected chi connectivity index (χ4v) is 3.45. The lowest BCUT2D eigenvalue weighted by molar-refractivity contribution is -0.255. The summed E-state index contributed by atoms with van der Waals surface area (Å²) in [5.74, 6) is -1.85. The van der Waals surface area contributed by atoms with E-state index < -0.39 is 54.5 Å². The summed E-state index contributed by atoms with van der Waals surface area (Å²) in [5.41, 5.74) is 0. The molecule has 1 fully saturated rings. The monoisotopic (exact) mass is 513 g/mol. The molecular formula is C22H27NO11S. The third-order valence-electron chi connectivity index (χ3n) is 4.52. The lowest BCUT2D eigenvalue weighted by Gasteiger charge is -2.44. The van der Waals surface area contributed by atoms with Crippen LogP contribution in [0.3, 0.4) is 0 Å². The number of benzene rings is 1. The number of carbonyl (C=O) groups is 4. The van der Waals surface area contributed by atoms with Crippen LogP contribution in [0.1, 0.15) is 27.7 Å². The second-order valence-corrected chi connectivity index (χ2v) is 7.70. The van der Waals surface area contributed by atoms with Gasteiger partial charge >= 0.3 is 23.9 Å². The zero-order chi connectivity index (χ0) is 26.1. The van der Waals surface area contributed by atoms with Gasteiger partial charge in [-0.1, -0.05) is 0 Å². The van der Waals surface area contributed by atoms with E-state index in [0.717, 1.165) is 20.8 Å². The summed E-state index contributed by atoms with van der Waals surface area (Å²) in [6.45, 7) is 4.23. The first-order valence-electron chi connectivity index (χ1n) is 10.4. The van der Waals surface area contributed by atoms with Crippen molar-refractivity contribution in [2.75, 3.05) is 13.7 Å². The number of thiocarbonyl (C=S) groups is 1. The fraction of sp³-hybridized carbons (Fsp3) is 0.500. The molecule has 0 amide bonds. The van der Waals surface area contributed by atoms with Crippen molar-refractivity contribution in [1.29, 1.82) is 0 Å². The number of hydrogen-bond acceptors (Lipinski definition) is 12. The summed E-state index contributed by atoms with van der Waals surface area (Å²) in [7, 11) is 1.52. The smallest absolute Gasteiger partial charge is 0.303 e. The van der Waals surface area contributed by atoms with Crippen molar-refractivity contribution in [3.8, 4) is 11.5 Å². The summed E-state index contributed by atoms with van der Waals surface area (Å²) in [6, 6.07) is 6.54. The molecule has 0 spiro atoms. The van der Waals surface area contributed by atoms with E-state index in [0.29, 0.717) is 11.5 Å². The van der Waals surface area contributed by atoms with Crippen LogP contribution in [-0.4, -0.2) is 73.4 Å². The molecule has 192 valence electrons. The van der Waals surface area contributed by atoms with E-state index in [1.165, 1.54) is 14.0 Å². The van der Waals surface area contributed by atoms with Gasteiger partial charge in [0, 0.05) is 27.7 Å². The maximum atomic E-state index is 11.9. The molecule has 35 heavy (non-hydrogen) atoms. The summed E-state index contributed by atoms with van der Waals surface area (Å²) in [5, 5.41) is 2.58. The minimum Gasteiger partial charge on any atom is -0.497 e. The van der Waals surface area contributed by atoms with Crippen LogP contribution < -0.4 is 14.8 Å². The Hall–Kier alpha value is -3.45. The fourth-order valence-electron chi connectivity index (χ4n) is 3.24. The lowest BCUT2D eigenvalue weighted by atomic mass is 9.97. The summed E-state index contributed by atoms with van der Waals surface area (Å²) in [4.78, 5) is 46.9. The summed E-state index contributed by atoms with van der Waals surface area (Å²) >= 11 is 5.25. The minimum atomic E-state index is -1.32. The molecule has 1 aliphatic rings. The maximum absolute atomic E-state index is 11.9. The molecule has 0 radical (unpaired) electrons. The number of hydrogen-bond donors (Lipinski definition) is 1. The topological polar surface area (TPSA) is 145 Å². The molecule has 1 aromatic rings. The molecule has 1 saturated heterocycles. The molecule has 0 saturated carbocycles. The Morgan fingerprint density at radius 2 is 1.34 bits per heavy atom. The van der Waals surface area contributed by atoms with Crippen molar-refractivity contribution >= 4 is 41.3 Å². The third kappa shape index (κ3) is 8.68. The number of esters is 4. The average Bonchev–Trinajstić information content (AvgIpc) is 2.76. The Morgan fingerprint density at radius 3 is 1.86 bits per heavy atom. The Morgan fingerprint density at radius 1 is 0.829 bits per heavy atom. The van der Waals surface area contributed by atoms with Crippen molar-refractivity contribution in [3.05, 3.63) is 24.3 Å². The van der Waals surface area contributed by atoms with E-state index >= 15 is 0 Å². The zero-order valence-corrected chi connectivity index (χ0v) is 20.6. The maximum Gasteiger partial charge on any atom is 0.303 e. The van der Waals surface area contributed by atoms with Gasteiger partial charge in [-0.2, -0.15) is 0 Å². The Bertz CT molecular complexity index is 936. The Kier molecular flexibility index (Phi) is 10.2. The van der Waals surface area contributed by atoms with Gasteiger partial charge in [-0.15, -0.1) is 0 Å². The number of ether oxygens (including phenoxy) is 7. The van der Waals surface area contributed by atoms with Gasteiger partial charge in [-0.25, -0.2) is 0 Å². The van der Waals surface area contributed by atoms with Crippen LogP contribution in [0.4, 0.5) is 0 Å². The van der Waals surface area contributed by atoms with Gasteiger partial charge in [-0.3, -0.25) is 19.2 Å². The number of carbonyl (C=O) groups excluding carboxylic acids is 4. The number of rotatable bonds is 8. The molecule has 0 unspecified atom stereocenters. The lowest BCUT2D eigenvalue weighted by Crippen LogP contribution is -2.66. The molecule has 1 heterocycles. The second-order valence-electron chi connectivity index (χ2n) is 7.33. The Labute approximate surface area is 207 Å². The average molecular weight is 514 g/mol. The molecule has 1 N–H and O–H groups in total. The first-order chi connectivity index (χ1) is 16.5. The van der Waals surface area contributed by atoms with Gasteiger partial charge in [0.1, 0.15) is 24.2 Å². The third-order valence-corrected chi connectivity index (χ3v) is 4.72. The van der Waals surface area contributed by atoms with Gasteiger partial charge in [-0.05, 0) is 36.5 Å². The number of methoxy groups -OCH3 is 1. The zero-order valence-electron chi connectivity index (χ0n) is 19.8. The van der Waals surface area contributed by atoms with Crippen molar-refractivity contribution < 1.29 is 52.3 Å². The number of nitrogens with one attached hydrogen (secondary N) is 1. The van der Waals surface area contributed by atoms with Crippen LogP contribution in [0, 0.1) is 0 Å². The predicted molar refractivity (Wildman–Crippen MR) is 121 cm³/mol. The molecule has 1 aromatic carbocycles. The molecular weight excluding hydrogens is 486 g/mol. The summed E-state index contributed by atoms with van der Waals surface area (Å²) < 4.78 is 37.6. The van der Waals surface area contributed by atoms with Crippen LogP contribution in [0.2, 0.25) is 0 Å². The van der Waals surface area contributed by atoms with Gasteiger partial charge < -0.3 is 38.5 Å². The molecule has 2 rings (SSSR count). The summed E-state index contributed by atoms with van der Waals surface area (Å²) in [6.07, 6.45) is -6.25. The molecule has 13 heteroatoms. The first-order valence-corrected chi connectivity index (χ1v) is 10.8. The van der Waals surface area contributed by atoms with Gasteiger partial charge in [0.15, 0.2) is 24.5 Å². The van der Waals surface area contributed by atoms with Crippen LogP contribution >= 0.6 is 12.2 Å². The van der Waals surface area contributed by atoms with Crippen LogP contribution in [0.15, 0.2) is 24.3 Å². The van der Waals surface area contributed by atoms with Crippen molar-refractivity contribution in [1.82, 2.24) is 5.32 Å². The molecule has 5 atom stereocenters. The van der Waals surface area contributed by atoms with Crippen molar-refractivity contribution in [3.63, 3.8) is 0 Å². The highest BCUT2D eigenvalue weighted by molar-refractivity contribution is 7.80. The minimum absolute atomic E-state index is 0.170. The van der Waals surface area contributed by atoms with E-state index in [9.17, 15) is 19.2 Å². The van der Waals surface area contributed by atoms with Gasteiger partial charge in [0.05, 0.1) is 7.11 Å². The molecule has 12 nitrogen and oxygen atoms in total. The molecule has 1 aliphatic heterocycles. The van der Waals surface area contributed by atoms with Crippen LogP contribution in [0.25, 0.3) is 0 Å². The van der Waals surface area contributed by atoms with E-state index in [1.54, 1.807) is 24.3 Å². The quantitative estimate of drug-likeness (QED) is 0.300. The van der Waals surface area contributed by atoms with E-state index in [4.69, 9.17) is 45.4 Å². The van der Waals surface area contributed by atoms with Crippen LogP contribution in [-0.2, 0) is 42.9 Å². The van der Waals surface area contributed by atoms with Gasteiger partial charge in [0.25, 0.3) is 5.17 Å². The standard InChI is InChI=1S/C22H27NO11S/c1-11(24)29-10-17-18(30-12(2)25)19(31-13(3)26)20(32-14(4)27)21(34-17)23-22(35)33-16-8-6-15(28-5)7-9-16/h6-9,17-21H,10H2,1-5H3,(H,23,35)/t17-,18+,19-,20-,21+/m0/s1. The highest BCUT2D eigenvalue weighted by Gasteiger charge is 2.52. The van der Waals surface area contributed by atoms with E-state index in [1.807, 2.05) is 0 Å². The molecule has 0 bridgehead atoms. The van der Waals surface area contributed by atoms with E-state index in [-0.39, 0.29) is 11.8 Å². The largest absolute Gasteiger partial charge is 0.497 e. The molecule has 0 aliphatic carbocycles. The highest BCUT2D eigenvalue weighted by atomic mass is 32.1. The normalized spacial score (nSPS) is 23.3. The first kappa shape index (κ1) is 27.8. The van der Waals surface area contributed by atoms with E-state index in [2.05, 4.69) is 5.32 Å². The van der Waals surface area contributed by atoms with Crippen molar-refractivity contribution in [2.45, 2.75) is 58.3 Å². The second kappa shape index (κ2) is 12.9. The predicted octanol–water partition coefficient (Wildman–Crippen LogP) is 1.03. The SMILES string of the molecule is COc1ccc(OC(=S)N[C@@H]2O[C@@H](COC(C)=O)[C@@H](OC(C)=O)[C@H](OC(C)=O)[C@@H]2OC(C)=O)cc1.